The predicted molar refractivity (Wildman–Crippen MR) is 159 cm³/mol. The zero-order valence-electron chi connectivity index (χ0n) is 23.9. The van der Waals surface area contributed by atoms with Crippen molar-refractivity contribution in [3.05, 3.63) is 110 Å². The van der Waals surface area contributed by atoms with Crippen LogP contribution in [0.4, 0.5) is 18.9 Å². The minimum Gasteiger partial charge on any atom is -0.345 e. The Bertz CT molecular complexity index is 1890. The van der Waals surface area contributed by atoms with Crippen LogP contribution in [0.25, 0.3) is 5.82 Å². The van der Waals surface area contributed by atoms with Gasteiger partial charge in [0.1, 0.15) is 12.2 Å². The van der Waals surface area contributed by atoms with Crippen LogP contribution < -0.4 is 10.6 Å². The molecule has 45 heavy (non-hydrogen) atoms. The Morgan fingerprint density at radius 1 is 1.00 bits per heavy atom. The molecule has 11 nitrogen and oxygen atoms in total. The van der Waals surface area contributed by atoms with Crippen molar-refractivity contribution in [2.24, 2.45) is 0 Å². The molecule has 232 valence electrons. The zero-order chi connectivity index (χ0) is 32.5. The van der Waals surface area contributed by atoms with Crippen LogP contribution in [0.3, 0.4) is 0 Å². The first-order valence-corrected chi connectivity index (χ1v) is 14.1. The van der Waals surface area contributed by atoms with E-state index in [0.717, 1.165) is 15.8 Å². The number of tetrazole rings is 1. The van der Waals surface area contributed by atoms with Gasteiger partial charge >= 0.3 is 6.18 Å². The fourth-order valence-electron chi connectivity index (χ4n) is 4.41. The van der Waals surface area contributed by atoms with Crippen LogP contribution in [0, 0.1) is 13.8 Å². The van der Waals surface area contributed by atoms with E-state index in [9.17, 15) is 22.8 Å². The van der Waals surface area contributed by atoms with E-state index in [1.165, 1.54) is 24.4 Å². The van der Waals surface area contributed by atoms with E-state index in [1.54, 1.807) is 19.1 Å². The molecule has 0 aliphatic carbocycles. The fraction of sp³-hybridized carbons (Fsp3) is 0.207. The van der Waals surface area contributed by atoms with Gasteiger partial charge in [0.2, 0.25) is 0 Å². The lowest BCUT2D eigenvalue weighted by molar-refractivity contribution is -0.145. The summed E-state index contributed by atoms with van der Waals surface area (Å²) in [6.45, 7) is 5.11. The van der Waals surface area contributed by atoms with Crippen LogP contribution in [0.2, 0.25) is 10.0 Å². The topological polar surface area (TPSA) is 133 Å². The monoisotopic (exact) mass is 657 g/mol. The molecule has 0 spiro atoms. The molecule has 5 aromatic rings. The van der Waals surface area contributed by atoms with Crippen molar-refractivity contribution in [2.45, 2.75) is 39.5 Å². The highest BCUT2D eigenvalue weighted by molar-refractivity contribution is 6.32. The van der Waals surface area contributed by atoms with E-state index < -0.39 is 23.8 Å². The fourth-order valence-corrected chi connectivity index (χ4v) is 4.89. The number of aromatic nitrogens is 7. The Morgan fingerprint density at radius 3 is 2.40 bits per heavy atom. The second kappa shape index (κ2) is 12.7. The summed E-state index contributed by atoms with van der Waals surface area (Å²) < 4.78 is 40.1. The normalized spacial score (nSPS) is 12.2. The quantitative estimate of drug-likeness (QED) is 0.209. The van der Waals surface area contributed by atoms with Crippen LogP contribution in [-0.4, -0.2) is 46.8 Å². The first-order chi connectivity index (χ1) is 21.3. The molecule has 0 saturated carbocycles. The first-order valence-electron chi connectivity index (χ1n) is 13.3. The van der Waals surface area contributed by atoms with Crippen molar-refractivity contribution >= 4 is 40.7 Å². The summed E-state index contributed by atoms with van der Waals surface area (Å²) in [6, 6.07) is 14.8. The second-order valence-corrected chi connectivity index (χ2v) is 10.9. The molecule has 3 heterocycles. The summed E-state index contributed by atoms with van der Waals surface area (Å²) in [5.74, 6) is -2.54. The summed E-state index contributed by atoms with van der Waals surface area (Å²) in [7, 11) is 0. The highest BCUT2D eigenvalue weighted by atomic mass is 35.5. The van der Waals surface area contributed by atoms with Gasteiger partial charge in [0.25, 0.3) is 17.6 Å². The number of amides is 2. The number of alkyl halides is 3. The Labute approximate surface area is 264 Å². The van der Waals surface area contributed by atoms with Crippen molar-refractivity contribution in [2.75, 3.05) is 5.32 Å². The zero-order valence-corrected chi connectivity index (χ0v) is 25.4. The Morgan fingerprint density at radius 2 is 1.73 bits per heavy atom. The third-order valence-electron chi connectivity index (χ3n) is 6.65. The molecular weight excluding hydrogens is 634 g/mol. The average molecular weight is 658 g/mol. The van der Waals surface area contributed by atoms with Gasteiger partial charge in [-0.2, -0.15) is 23.1 Å². The molecule has 0 aliphatic heterocycles. The van der Waals surface area contributed by atoms with Gasteiger partial charge in [-0.05, 0) is 67.4 Å². The number of halogens is 5. The molecule has 1 atom stereocenters. The van der Waals surface area contributed by atoms with Crippen molar-refractivity contribution in [1.29, 1.82) is 0 Å². The summed E-state index contributed by atoms with van der Waals surface area (Å²) >= 11 is 12.7. The maximum absolute atomic E-state index is 13.8. The van der Waals surface area contributed by atoms with Crippen LogP contribution >= 0.6 is 23.2 Å². The number of nitrogens with zero attached hydrogens (tertiary/aromatic N) is 7. The van der Waals surface area contributed by atoms with E-state index in [-0.39, 0.29) is 51.1 Å². The number of pyridine rings is 1. The molecule has 16 heteroatoms. The van der Waals surface area contributed by atoms with Crippen molar-refractivity contribution in [3.8, 4) is 5.82 Å². The average Bonchev–Trinajstić information content (AvgIpc) is 3.62. The molecule has 1 unspecified atom stereocenters. The molecule has 0 bridgehead atoms. The van der Waals surface area contributed by atoms with E-state index in [2.05, 4.69) is 36.1 Å². The Hall–Kier alpha value is -4.82. The van der Waals surface area contributed by atoms with Crippen LogP contribution in [0.1, 0.15) is 62.0 Å². The number of aryl methyl sites for hydroxylation is 2. The summed E-state index contributed by atoms with van der Waals surface area (Å²) in [5.41, 5.74) is 2.77. The van der Waals surface area contributed by atoms with Gasteiger partial charge in [0.05, 0.1) is 28.0 Å². The van der Waals surface area contributed by atoms with Gasteiger partial charge in [-0.3, -0.25) is 9.59 Å². The van der Waals surface area contributed by atoms with Gasteiger partial charge in [-0.25, -0.2) is 9.67 Å². The molecule has 0 fully saturated rings. The van der Waals surface area contributed by atoms with Gasteiger partial charge in [0.15, 0.2) is 5.82 Å². The number of carbonyl (C=O) groups is 2. The molecule has 0 radical (unpaired) electrons. The maximum Gasteiger partial charge on any atom is 0.455 e. The lowest BCUT2D eigenvalue weighted by atomic mass is 10.0. The van der Waals surface area contributed by atoms with Gasteiger partial charge in [-0.15, -0.1) is 10.2 Å². The molecule has 2 N–H and O–H groups in total. The van der Waals surface area contributed by atoms with Gasteiger partial charge < -0.3 is 10.6 Å². The Balaban J connectivity index is 1.48. The lowest BCUT2D eigenvalue weighted by Crippen LogP contribution is -2.28. The molecular formula is C29H24Cl2F3N9O2. The van der Waals surface area contributed by atoms with Crippen molar-refractivity contribution in [3.63, 3.8) is 0 Å². The number of hydrogen-bond donors (Lipinski definition) is 2. The number of rotatable bonds is 8. The second-order valence-electron chi connectivity index (χ2n) is 10.1. The van der Waals surface area contributed by atoms with E-state index >= 15 is 0 Å². The highest BCUT2D eigenvalue weighted by Gasteiger charge is 2.37. The van der Waals surface area contributed by atoms with Crippen LogP contribution in [-0.2, 0) is 12.7 Å². The first kappa shape index (κ1) is 31.6. The predicted octanol–water partition coefficient (Wildman–Crippen LogP) is 5.99. The molecule has 2 amide bonds. The third-order valence-corrected chi connectivity index (χ3v) is 7.16. The minimum absolute atomic E-state index is 0.0795. The third kappa shape index (κ3) is 7.13. The maximum atomic E-state index is 13.8. The molecule has 5 rings (SSSR count). The molecule has 0 saturated heterocycles. The smallest absolute Gasteiger partial charge is 0.345 e. The number of hydrogen-bond acceptors (Lipinski definition) is 7. The van der Waals surface area contributed by atoms with E-state index in [1.807, 2.05) is 38.1 Å². The van der Waals surface area contributed by atoms with Crippen LogP contribution in [0.15, 0.2) is 60.8 Å². The standard InChI is InChI=1S/C29H24Cl2F3N9O2/c1-15-6-8-18(9-7-15)17(3)36-26(44)21-12-19(30)11-16(2)24(21)37-27(45)23-13-20(14-42-40-28(38-41-42)29(32,33)34)39-43(23)25-22(31)5-4-10-35-25/h4-13,17H,14H2,1-3H3,(H,36,44)(H,37,45). The molecule has 2 aromatic carbocycles. The Kier molecular flexibility index (Phi) is 8.89. The number of anilines is 1. The number of nitrogens with one attached hydrogen (secondary N) is 2. The largest absolute Gasteiger partial charge is 0.455 e. The van der Waals surface area contributed by atoms with Gasteiger partial charge in [0, 0.05) is 11.2 Å². The van der Waals surface area contributed by atoms with Crippen LogP contribution in [0.5, 0.6) is 0 Å². The lowest BCUT2D eigenvalue weighted by Gasteiger charge is -2.18. The summed E-state index contributed by atoms with van der Waals surface area (Å²) in [5, 5.41) is 20.3. The molecule has 3 aromatic heterocycles. The van der Waals surface area contributed by atoms with E-state index in [4.69, 9.17) is 23.2 Å². The summed E-state index contributed by atoms with van der Waals surface area (Å²) in [6.07, 6.45) is -3.36. The molecule has 0 aliphatic rings. The van der Waals surface area contributed by atoms with E-state index in [0.29, 0.717) is 10.4 Å². The minimum atomic E-state index is -4.79. The highest BCUT2D eigenvalue weighted by Crippen LogP contribution is 2.29. The van der Waals surface area contributed by atoms with Gasteiger partial charge in [-0.1, -0.05) is 53.0 Å². The van der Waals surface area contributed by atoms with Crippen molar-refractivity contribution < 1.29 is 22.8 Å². The summed E-state index contributed by atoms with van der Waals surface area (Å²) in [4.78, 5) is 32.2. The number of carbonyl (C=O) groups excluding carboxylic acids is 2. The number of benzene rings is 2. The van der Waals surface area contributed by atoms with Crippen molar-refractivity contribution in [1.82, 2.24) is 40.3 Å². The SMILES string of the molecule is Cc1ccc(C(C)NC(=O)c2cc(Cl)cc(C)c2NC(=O)c2cc(Cn3nnc(C(F)(F)F)n3)nn2-c2ncccc2Cl)cc1.